The van der Waals surface area contributed by atoms with Gasteiger partial charge in [-0.05, 0) is 43.5 Å². The van der Waals surface area contributed by atoms with Gasteiger partial charge < -0.3 is 15.8 Å². The van der Waals surface area contributed by atoms with Crippen LogP contribution in [0.3, 0.4) is 0 Å². The van der Waals surface area contributed by atoms with Gasteiger partial charge in [-0.1, -0.05) is 42.3 Å². The van der Waals surface area contributed by atoms with Gasteiger partial charge in [0, 0.05) is 18.2 Å². The summed E-state index contributed by atoms with van der Waals surface area (Å²) < 4.78 is 9.74. The minimum absolute atomic E-state index is 0.0179. The molecule has 0 radical (unpaired) electrons. The second-order valence-electron chi connectivity index (χ2n) is 6.82. The zero-order chi connectivity index (χ0) is 21.7. The normalized spacial score (nSPS) is 16.4. The van der Waals surface area contributed by atoms with E-state index in [4.69, 9.17) is 33.7 Å². The number of nitrogens with one attached hydrogen (secondary N) is 2. The predicted octanol–water partition coefficient (Wildman–Crippen LogP) is 3.73. The number of nitrogens with zero attached hydrogens (tertiary/aromatic N) is 2. The van der Waals surface area contributed by atoms with Gasteiger partial charge in [0.05, 0.1) is 10.0 Å². The molecule has 1 aromatic heterocycles. The number of ether oxygens (including phenoxy) is 1. The molecule has 0 saturated carbocycles. The van der Waals surface area contributed by atoms with Crippen molar-refractivity contribution in [3.8, 4) is 5.88 Å². The van der Waals surface area contributed by atoms with E-state index in [0.717, 1.165) is 37.5 Å². The molecule has 30 heavy (non-hydrogen) atoms. The number of carbonyl (C=O) groups excluding carboxylic acids is 2. The smallest absolute Gasteiger partial charge is 0.319 e. The number of aromatic nitrogens is 1. The molecule has 3 amide bonds. The van der Waals surface area contributed by atoms with Crippen LogP contribution in [0.1, 0.15) is 35.7 Å². The highest BCUT2D eigenvalue weighted by Crippen LogP contribution is 2.32. The van der Waals surface area contributed by atoms with Crippen molar-refractivity contribution in [2.75, 3.05) is 25.0 Å². The standard InChI is InChI=1S/C19H23Cl2N5O3S/c1-2-26-8-4-6-12(26)9-23-19(28)24-18-14(16(22)27)17(25-30-18)29-10-11-5-3-7-13(20)15(11)21/h3,5,7,12H,2,4,6,8-10H2,1H3,(H2,22,27)(H2,23,24,28). The molecule has 0 spiro atoms. The van der Waals surface area contributed by atoms with Crippen LogP contribution in [-0.2, 0) is 6.61 Å². The molecule has 3 rings (SSSR count). The van der Waals surface area contributed by atoms with E-state index in [1.165, 1.54) is 0 Å². The summed E-state index contributed by atoms with van der Waals surface area (Å²) in [6.45, 7) is 4.67. The van der Waals surface area contributed by atoms with Crippen molar-refractivity contribution in [2.24, 2.45) is 5.73 Å². The third-order valence-electron chi connectivity index (χ3n) is 4.93. The van der Waals surface area contributed by atoms with E-state index >= 15 is 0 Å². The first-order chi connectivity index (χ1) is 14.4. The van der Waals surface area contributed by atoms with Crippen LogP contribution in [0.5, 0.6) is 5.88 Å². The number of nitrogens with two attached hydrogens (primary N) is 1. The van der Waals surface area contributed by atoms with Crippen molar-refractivity contribution in [3.05, 3.63) is 39.4 Å². The lowest BCUT2D eigenvalue weighted by molar-refractivity contribution is 0.0996. The number of anilines is 1. The van der Waals surface area contributed by atoms with Gasteiger partial charge in [0.25, 0.3) is 5.91 Å². The van der Waals surface area contributed by atoms with E-state index in [1.807, 2.05) is 0 Å². The van der Waals surface area contributed by atoms with Gasteiger partial charge in [-0.3, -0.25) is 15.0 Å². The van der Waals surface area contributed by atoms with Gasteiger partial charge in [-0.25, -0.2) is 4.79 Å². The van der Waals surface area contributed by atoms with E-state index in [-0.39, 0.29) is 23.1 Å². The lowest BCUT2D eigenvalue weighted by Crippen LogP contribution is -2.41. The number of likely N-dealkylation sites (tertiary alicyclic amines) is 1. The lowest BCUT2D eigenvalue weighted by Gasteiger charge is -2.22. The Morgan fingerprint density at radius 1 is 1.40 bits per heavy atom. The highest BCUT2D eigenvalue weighted by Gasteiger charge is 2.25. The molecule has 1 saturated heterocycles. The fourth-order valence-corrected chi connectivity index (χ4v) is 4.49. The van der Waals surface area contributed by atoms with Crippen molar-refractivity contribution in [3.63, 3.8) is 0 Å². The molecular weight excluding hydrogens is 449 g/mol. The van der Waals surface area contributed by atoms with E-state index in [1.54, 1.807) is 18.2 Å². The Hall–Kier alpha value is -2.07. The number of likely N-dealkylation sites (N-methyl/N-ethyl adjacent to an activating group) is 1. The fourth-order valence-electron chi connectivity index (χ4n) is 3.38. The largest absolute Gasteiger partial charge is 0.472 e. The maximum Gasteiger partial charge on any atom is 0.319 e. The molecule has 8 nitrogen and oxygen atoms in total. The summed E-state index contributed by atoms with van der Waals surface area (Å²) in [6, 6.07) is 5.05. The van der Waals surface area contributed by atoms with Crippen LogP contribution >= 0.6 is 34.7 Å². The summed E-state index contributed by atoms with van der Waals surface area (Å²) in [5, 5.41) is 6.48. The summed E-state index contributed by atoms with van der Waals surface area (Å²) in [4.78, 5) is 26.6. The first-order valence-corrected chi connectivity index (χ1v) is 11.1. The molecule has 0 bridgehead atoms. The average molecular weight is 472 g/mol. The maximum absolute atomic E-state index is 12.3. The van der Waals surface area contributed by atoms with Crippen LogP contribution in [0.15, 0.2) is 18.2 Å². The molecule has 162 valence electrons. The van der Waals surface area contributed by atoms with E-state index in [9.17, 15) is 9.59 Å². The van der Waals surface area contributed by atoms with Gasteiger partial charge in [0.15, 0.2) is 0 Å². The van der Waals surface area contributed by atoms with Crippen LogP contribution in [0.25, 0.3) is 0 Å². The van der Waals surface area contributed by atoms with Crippen molar-refractivity contribution < 1.29 is 14.3 Å². The Bertz CT molecular complexity index is 924. The Labute approximate surface area is 188 Å². The number of halogens is 2. The summed E-state index contributed by atoms with van der Waals surface area (Å²) in [5.41, 5.74) is 6.14. The number of hydrogen-bond acceptors (Lipinski definition) is 6. The summed E-state index contributed by atoms with van der Waals surface area (Å²) in [7, 11) is 0. The maximum atomic E-state index is 12.3. The fraction of sp³-hybridized carbons (Fsp3) is 0.421. The lowest BCUT2D eigenvalue weighted by atomic mass is 10.2. The van der Waals surface area contributed by atoms with Crippen molar-refractivity contribution in [1.82, 2.24) is 14.6 Å². The molecule has 1 fully saturated rings. The topological polar surface area (TPSA) is 110 Å². The third-order valence-corrected chi connectivity index (χ3v) is 6.54. The molecule has 4 N–H and O–H groups in total. The highest BCUT2D eigenvalue weighted by atomic mass is 35.5. The summed E-state index contributed by atoms with van der Waals surface area (Å²) >= 11 is 13.1. The van der Waals surface area contributed by atoms with Crippen molar-refractivity contribution in [1.29, 1.82) is 0 Å². The van der Waals surface area contributed by atoms with Crippen LogP contribution < -0.4 is 21.1 Å². The first-order valence-electron chi connectivity index (χ1n) is 9.54. The van der Waals surface area contributed by atoms with Crippen LogP contribution in [0.4, 0.5) is 9.80 Å². The number of hydrogen-bond donors (Lipinski definition) is 3. The van der Waals surface area contributed by atoms with E-state index in [2.05, 4.69) is 26.8 Å². The van der Waals surface area contributed by atoms with Crippen LogP contribution in [-0.4, -0.2) is 46.9 Å². The molecule has 0 aliphatic carbocycles. The minimum Gasteiger partial charge on any atom is -0.472 e. The Balaban J connectivity index is 1.63. The molecule has 1 unspecified atom stereocenters. The molecule has 1 atom stereocenters. The molecule has 11 heteroatoms. The van der Waals surface area contributed by atoms with Gasteiger partial charge in [0.2, 0.25) is 5.88 Å². The Morgan fingerprint density at radius 3 is 2.93 bits per heavy atom. The van der Waals surface area contributed by atoms with Gasteiger partial charge in [0.1, 0.15) is 17.2 Å². The first kappa shape index (κ1) is 22.6. The van der Waals surface area contributed by atoms with Gasteiger partial charge >= 0.3 is 6.03 Å². The number of amides is 3. The molecule has 2 aromatic rings. The molecular formula is C19H23Cl2N5O3S. The summed E-state index contributed by atoms with van der Waals surface area (Å²) in [6.07, 6.45) is 2.17. The Morgan fingerprint density at radius 2 is 2.20 bits per heavy atom. The van der Waals surface area contributed by atoms with E-state index in [0.29, 0.717) is 28.2 Å². The zero-order valence-corrected chi connectivity index (χ0v) is 18.7. The van der Waals surface area contributed by atoms with Crippen LogP contribution in [0, 0.1) is 0 Å². The molecule has 1 aliphatic rings. The van der Waals surface area contributed by atoms with Crippen molar-refractivity contribution in [2.45, 2.75) is 32.4 Å². The second kappa shape index (κ2) is 10.3. The van der Waals surface area contributed by atoms with Crippen LogP contribution in [0.2, 0.25) is 10.0 Å². The Kier molecular flexibility index (Phi) is 7.76. The van der Waals surface area contributed by atoms with Gasteiger partial charge in [-0.2, -0.15) is 4.37 Å². The molecule has 1 aliphatic heterocycles. The number of carbonyl (C=O) groups is 2. The monoisotopic (exact) mass is 471 g/mol. The van der Waals surface area contributed by atoms with E-state index < -0.39 is 11.9 Å². The number of benzene rings is 1. The zero-order valence-electron chi connectivity index (χ0n) is 16.4. The molecule has 2 heterocycles. The quantitative estimate of drug-likeness (QED) is 0.543. The predicted molar refractivity (Wildman–Crippen MR) is 119 cm³/mol. The number of rotatable bonds is 8. The highest BCUT2D eigenvalue weighted by molar-refractivity contribution is 7.11. The summed E-state index contributed by atoms with van der Waals surface area (Å²) in [5.74, 6) is -0.717. The van der Waals surface area contributed by atoms with Gasteiger partial charge in [-0.15, -0.1) is 0 Å². The second-order valence-corrected chi connectivity index (χ2v) is 8.38. The number of urea groups is 1. The minimum atomic E-state index is -0.751. The number of primary amides is 1. The van der Waals surface area contributed by atoms with Crippen molar-refractivity contribution >= 4 is 51.7 Å². The molecule has 1 aromatic carbocycles. The third kappa shape index (κ3) is 5.34. The SMILES string of the molecule is CCN1CCCC1CNC(=O)Nc1snc(OCc2cccc(Cl)c2Cl)c1C(N)=O. The average Bonchev–Trinajstić information content (AvgIpc) is 3.33.